The Morgan fingerprint density at radius 2 is 2.06 bits per heavy atom. The minimum atomic E-state index is 0.477. The second kappa shape index (κ2) is 7.88. The molecule has 1 atom stereocenters. The van der Waals surface area contributed by atoms with Crippen molar-refractivity contribution >= 4 is 6.29 Å². The lowest BCUT2D eigenvalue weighted by Crippen LogP contribution is -2.30. The number of nitrogens with zero attached hydrogens (tertiary/aromatic N) is 1. The number of rotatable bonds is 8. The number of carbonyl (C=O) groups excluding carboxylic acids is 1. The molecule has 1 rings (SSSR count). The standard InChI is InChI=1S/C15H23NO2/c1-4-16(5-2)10-13(3)12-18-15-8-6-7-14(9-15)11-17/h6-9,11,13H,4-5,10,12H2,1-3H3. The molecule has 0 aliphatic heterocycles. The molecular formula is C15H23NO2. The van der Waals surface area contributed by atoms with Crippen molar-refractivity contribution < 1.29 is 9.53 Å². The largest absolute Gasteiger partial charge is 0.493 e. The SMILES string of the molecule is CCN(CC)CC(C)COc1cccc(C=O)c1. The average Bonchev–Trinajstić information content (AvgIpc) is 2.42. The Morgan fingerprint density at radius 1 is 1.33 bits per heavy atom. The Labute approximate surface area is 110 Å². The van der Waals surface area contributed by atoms with E-state index in [-0.39, 0.29) is 0 Å². The van der Waals surface area contributed by atoms with E-state index in [1.165, 1.54) is 0 Å². The molecule has 3 nitrogen and oxygen atoms in total. The topological polar surface area (TPSA) is 29.5 Å². The van der Waals surface area contributed by atoms with Crippen molar-refractivity contribution in [2.75, 3.05) is 26.2 Å². The molecule has 0 aliphatic rings. The lowest BCUT2D eigenvalue weighted by Gasteiger charge is -2.22. The third kappa shape index (κ3) is 4.88. The first-order chi connectivity index (χ1) is 8.69. The molecule has 1 aromatic rings. The van der Waals surface area contributed by atoms with Crippen LogP contribution < -0.4 is 4.74 Å². The predicted molar refractivity (Wildman–Crippen MR) is 74.3 cm³/mol. The van der Waals surface area contributed by atoms with Crippen LogP contribution in [0.1, 0.15) is 31.1 Å². The van der Waals surface area contributed by atoms with E-state index in [4.69, 9.17) is 4.74 Å². The van der Waals surface area contributed by atoms with Crippen LogP contribution in [0, 0.1) is 5.92 Å². The summed E-state index contributed by atoms with van der Waals surface area (Å²) < 4.78 is 5.71. The lowest BCUT2D eigenvalue weighted by atomic mass is 10.2. The fourth-order valence-corrected chi connectivity index (χ4v) is 1.89. The van der Waals surface area contributed by atoms with Crippen LogP contribution in [0.25, 0.3) is 0 Å². The van der Waals surface area contributed by atoms with Crippen molar-refractivity contribution in [2.24, 2.45) is 5.92 Å². The maximum atomic E-state index is 10.7. The zero-order chi connectivity index (χ0) is 13.4. The van der Waals surface area contributed by atoms with Crippen LogP contribution in [-0.2, 0) is 0 Å². The van der Waals surface area contributed by atoms with E-state index in [9.17, 15) is 4.79 Å². The molecule has 0 saturated carbocycles. The van der Waals surface area contributed by atoms with E-state index in [1.54, 1.807) is 12.1 Å². The normalized spacial score (nSPS) is 12.4. The van der Waals surface area contributed by atoms with Gasteiger partial charge in [-0.1, -0.05) is 32.9 Å². The summed E-state index contributed by atoms with van der Waals surface area (Å²) in [6.07, 6.45) is 0.839. The lowest BCUT2D eigenvalue weighted by molar-refractivity contribution is 0.112. The Hall–Kier alpha value is -1.35. The van der Waals surface area contributed by atoms with Gasteiger partial charge in [-0.15, -0.1) is 0 Å². The minimum absolute atomic E-state index is 0.477. The fraction of sp³-hybridized carbons (Fsp3) is 0.533. The van der Waals surface area contributed by atoms with Crippen molar-refractivity contribution in [1.29, 1.82) is 0 Å². The van der Waals surface area contributed by atoms with Crippen molar-refractivity contribution in [1.82, 2.24) is 4.90 Å². The Bertz CT molecular complexity index is 361. The summed E-state index contributed by atoms with van der Waals surface area (Å²) in [5.74, 6) is 1.25. The van der Waals surface area contributed by atoms with Gasteiger partial charge >= 0.3 is 0 Å². The first-order valence-corrected chi connectivity index (χ1v) is 6.60. The third-order valence-corrected chi connectivity index (χ3v) is 2.99. The molecule has 0 aromatic heterocycles. The van der Waals surface area contributed by atoms with Gasteiger partial charge in [-0.25, -0.2) is 0 Å². The molecule has 0 bridgehead atoms. The van der Waals surface area contributed by atoms with Crippen LogP contribution in [0.4, 0.5) is 0 Å². The molecule has 0 aliphatic carbocycles. The van der Waals surface area contributed by atoms with E-state index in [0.29, 0.717) is 18.1 Å². The first kappa shape index (κ1) is 14.7. The highest BCUT2D eigenvalue weighted by molar-refractivity contribution is 5.75. The van der Waals surface area contributed by atoms with Crippen molar-refractivity contribution in [3.05, 3.63) is 29.8 Å². The zero-order valence-corrected chi connectivity index (χ0v) is 11.6. The number of hydrogen-bond acceptors (Lipinski definition) is 3. The highest BCUT2D eigenvalue weighted by Crippen LogP contribution is 2.13. The Kier molecular flexibility index (Phi) is 6.44. The van der Waals surface area contributed by atoms with Gasteiger partial charge in [0.2, 0.25) is 0 Å². The van der Waals surface area contributed by atoms with E-state index >= 15 is 0 Å². The molecule has 3 heteroatoms. The maximum absolute atomic E-state index is 10.7. The summed E-state index contributed by atoms with van der Waals surface area (Å²) in [6, 6.07) is 7.28. The van der Waals surface area contributed by atoms with Gasteiger partial charge in [0.15, 0.2) is 0 Å². The van der Waals surface area contributed by atoms with Crippen LogP contribution in [0.3, 0.4) is 0 Å². The molecule has 0 N–H and O–H groups in total. The number of carbonyl (C=O) groups is 1. The second-order valence-corrected chi connectivity index (χ2v) is 4.59. The average molecular weight is 249 g/mol. The van der Waals surface area contributed by atoms with Gasteiger partial charge in [0.25, 0.3) is 0 Å². The van der Waals surface area contributed by atoms with Gasteiger partial charge in [0.05, 0.1) is 6.61 Å². The molecule has 18 heavy (non-hydrogen) atoms. The number of hydrogen-bond donors (Lipinski definition) is 0. The molecule has 0 amide bonds. The van der Waals surface area contributed by atoms with Gasteiger partial charge in [0, 0.05) is 18.0 Å². The summed E-state index contributed by atoms with van der Waals surface area (Å²) in [6.45, 7) is 10.4. The second-order valence-electron chi connectivity index (χ2n) is 4.59. The van der Waals surface area contributed by atoms with Crippen LogP contribution in [-0.4, -0.2) is 37.4 Å². The van der Waals surface area contributed by atoms with Gasteiger partial charge in [0.1, 0.15) is 12.0 Å². The molecule has 0 saturated heterocycles. The third-order valence-electron chi connectivity index (χ3n) is 2.99. The first-order valence-electron chi connectivity index (χ1n) is 6.60. The Balaban J connectivity index is 2.41. The zero-order valence-electron chi connectivity index (χ0n) is 11.6. The predicted octanol–water partition coefficient (Wildman–Crippen LogP) is 2.86. The van der Waals surface area contributed by atoms with Gasteiger partial charge in [-0.05, 0) is 25.2 Å². The van der Waals surface area contributed by atoms with Gasteiger partial charge < -0.3 is 9.64 Å². The molecule has 0 heterocycles. The van der Waals surface area contributed by atoms with E-state index in [1.807, 2.05) is 12.1 Å². The maximum Gasteiger partial charge on any atom is 0.150 e. The van der Waals surface area contributed by atoms with Crippen LogP contribution in [0.15, 0.2) is 24.3 Å². The smallest absolute Gasteiger partial charge is 0.150 e. The Morgan fingerprint density at radius 3 is 2.67 bits per heavy atom. The van der Waals surface area contributed by atoms with Gasteiger partial charge in [-0.2, -0.15) is 0 Å². The van der Waals surface area contributed by atoms with Crippen LogP contribution in [0.2, 0.25) is 0 Å². The minimum Gasteiger partial charge on any atom is -0.493 e. The summed E-state index contributed by atoms with van der Waals surface area (Å²) in [5.41, 5.74) is 0.656. The highest BCUT2D eigenvalue weighted by atomic mass is 16.5. The summed E-state index contributed by atoms with van der Waals surface area (Å²) >= 11 is 0. The van der Waals surface area contributed by atoms with Crippen molar-refractivity contribution in [2.45, 2.75) is 20.8 Å². The van der Waals surface area contributed by atoms with Crippen LogP contribution in [0.5, 0.6) is 5.75 Å². The summed E-state index contributed by atoms with van der Waals surface area (Å²) in [4.78, 5) is 13.0. The fourth-order valence-electron chi connectivity index (χ4n) is 1.89. The molecule has 0 spiro atoms. The van der Waals surface area contributed by atoms with E-state index < -0.39 is 0 Å². The highest BCUT2D eigenvalue weighted by Gasteiger charge is 2.08. The quantitative estimate of drug-likeness (QED) is 0.663. The number of aldehydes is 1. The molecular weight excluding hydrogens is 226 g/mol. The van der Waals surface area contributed by atoms with Crippen LogP contribution >= 0.6 is 0 Å². The van der Waals surface area contributed by atoms with Gasteiger partial charge in [-0.3, -0.25) is 4.79 Å². The molecule has 0 fully saturated rings. The van der Waals surface area contributed by atoms with Crippen molar-refractivity contribution in [3.63, 3.8) is 0 Å². The van der Waals surface area contributed by atoms with E-state index in [0.717, 1.165) is 31.7 Å². The summed E-state index contributed by atoms with van der Waals surface area (Å²) in [7, 11) is 0. The molecule has 1 unspecified atom stereocenters. The number of ether oxygens (including phenoxy) is 1. The number of benzene rings is 1. The summed E-state index contributed by atoms with van der Waals surface area (Å²) in [5, 5.41) is 0. The molecule has 100 valence electrons. The molecule has 1 aromatic carbocycles. The molecule has 0 radical (unpaired) electrons. The van der Waals surface area contributed by atoms with E-state index in [2.05, 4.69) is 25.7 Å². The van der Waals surface area contributed by atoms with Crippen molar-refractivity contribution in [3.8, 4) is 5.75 Å². The monoisotopic (exact) mass is 249 g/mol.